The maximum absolute atomic E-state index is 14.0. The molecule has 0 amide bonds. The number of halogens is 1. The Balaban J connectivity index is 1.73. The summed E-state index contributed by atoms with van der Waals surface area (Å²) in [6.07, 6.45) is -5.91. The van der Waals surface area contributed by atoms with E-state index < -0.39 is 36.5 Å². The van der Waals surface area contributed by atoms with Crippen LogP contribution in [0.5, 0.6) is 0 Å². The molecule has 1 saturated heterocycles. The quantitative estimate of drug-likeness (QED) is 0.340. The smallest absolute Gasteiger partial charge is 0.197 e. The molecule has 0 radical (unpaired) electrons. The lowest BCUT2D eigenvalue weighted by Crippen LogP contribution is -2.58. The zero-order valence-corrected chi connectivity index (χ0v) is 17.3. The van der Waals surface area contributed by atoms with E-state index in [1.165, 1.54) is 23.5 Å². The van der Waals surface area contributed by atoms with E-state index in [1.54, 1.807) is 29.0 Å². The van der Waals surface area contributed by atoms with Crippen LogP contribution >= 0.6 is 11.3 Å². The van der Waals surface area contributed by atoms with Gasteiger partial charge in [-0.25, -0.2) is 9.37 Å². The molecule has 8 nitrogen and oxygen atoms in total. The normalized spacial score (nSPS) is 26.1. The minimum atomic E-state index is -1.70. The largest absolute Gasteiger partial charge is 0.388 e. The predicted octanol–water partition coefficient (Wildman–Crippen LogP) is 1.22. The van der Waals surface area contributed by atoms with Crippen LogP contribution in [0.15, 0.2) is 52.8 Å². The fourth-order valence-electron chi connectivity index (χ4n) is 4.10. The summed E-state index contributed by atoms with van der Waals surface area (Å²) in [6, 6.07) is 9.00. The van der Waals surface area contributed by atoms with Crippen LogP contribution in [0.4, 0.5) is 4.39 Å². The fourth-order valence-corrected chi connectivity index (χ4v) is 4.74. The predicted molar refractivity (Wildman–Crippen MR) is 116 cm³/mol. The molecule has 1 aliphatic rings. The summed E-state index contributed by atoms with van der Waals surface area (Å²) in [5.74, 6) is -0.567. The Hall–Kier alpha value is -2.73. The van der Waals surface area contributed by atoms with Crippen LogP contribution in [-0.4, -0.2) is 60.7 Å². The van der Waals surface area contributed by atoms with E-state index in [9.17, 15) is 29.6 Å². The van der Waals surface area contributed by atoms with Crippen molar-refractivity contribution in [2.45, 2.75) is 37.3 Å². The van der Waals surface area contributed by atoms with Gasteiger partial charge >= 0.3 is 0 Å². The first kappa shape index (κ1) is 21.1. The van der Waals surface area contributed by atoms with Gasteiger partial charge in [0.25, 0.3) is 0 Å². The summed E-state index contributed by atoms with van der Waals surface area (Å²) < 4.78 is 21.0. The van der Waals surface area contributed by atoms with Crippen molar-refractivity contribution in [3.8, 4) is 10.6 Å². The summed E-state index contributed by atoms with van der Waals surface area (Å²) in [5, 5.41) is 43.3. The summed E-state index contributed by atoms with van der Waals surface area (Å²) >= 11 is 1.43. The Morgan fingerprint density at radius 3 is 2.56 bits per heavy atom. The summed E-state index contributed by atoms with van der Waals surface area (Å²) in [4.78, 5) is 17.4. The van der Waals surface area contributed by atoms with Crippen LogP contribution in [0.1, 0.15) is 0 Å². The number of aromatic nitrogens is 2. The van der Waals surface area contributed by atoms with Gasteiger partial charge in [0.05, 0.1) is 17.6 Å². The van der Waals surface area contributed by atoms with Crippen molar-refractivity contribution in [2.75, 3.05) is 0 Å². The molecule has 0 bridgehead atoms. The minimum Gasteiger partial charge on any atom is -0.388 e. The van der Waals surface area contributed by atoms with Crippen LogP contribution < -0.4 is 5.43 Å². The molecule has 166 valence electrons. The lowest BCUT2D eigenvalue weighted by molar-refractivity contribution is -0.283. The molecule has 1 aliphatic heterocycles. The summed E-state index contributed by atoms with van der Waals surface area (Å²) in [7, 11) is 0. The highest BCUT2D eigenvalue weighted by atomic mass is 32.1. The molecule has 0 spiro atoms. The van der Waals surface area contributed by atoms with Crippen LogP contribution in [0.3, 0.4) is 0 Å². The molecule has 4 aromatic rings. The van der Waals surface area contributed by atoms with E-state index in [2.05, 4.69) is 4.98 Å². The number of hydrogen-bond donors (Lipinski definition) is 4. The number of rotatable bonds is 3. The van der Waals surface area contributed by atoms with Gasteiger partial charge in [0.2, 0.25) is 0 Å². The second-order valence-corrected chi connectivity index (χ2v) is 8.60. The molecular formula is C22H19FN2O6S. The van der Waals surface area contributed by atoms with Gasteiger partial charge in [-0.15, -0.1) is 11.3 Å². The molecule has 4 N–H and O–H groups in total. The topological polar surface area (TPSA) is 125 Å². The number of benzene rings is 2. The van der Waals surface area contributed by atoms with Crippen molar-refractivity contribution < 1.29 is 29.6 Å². The van der Waals surface area contributed by atoms with Gasteiger partial charge in [-0.05, 0) is 30.3 Å². The second kappa shape index (κ2) is 8.00. The highest BCUT2D eigenvalue weighted by molar-refractivity contribution is 7.13. The molecule has 10 heteroatoms. The van der Waals surface area contributed by atoms with Gasteiger partial charge in [-0.1, -0.05) is 6.07 Å². The van der Waals surface area contributed by atoms with E-state index in [0.717, 1.165) is 16.6 Å². The molecule has 0 saturated carbocycles. The van der Waals surface area contributed by atoms with Crippen molar-refractivity contribution in [2.24, 2.45) is 0 Å². The van der Waals surface area contributed by atoms with E-state index in [1.807, 2.05) is 5.38 Å². The van der Waals surface area contributed by atoms with Crippen LogP contribution in [0.2, 0.25) is 0 Å². The number of pyridine rings is 1. The first-order chi connectivity index (χ1) is 15.3. The van der Waals surface area contributed by atoms with Gasteiger partial charge in [0, 0.05) is 27.9 Å². The number of thiazole rings is 1. The average molecular weight is 458 g/mol. The molecular weight excluding hydrogens is 439 g/mol. The number of fused-ring (bicyclic) bond motifs is 2. The number of aliphatic hydroxyl groups is 4. The zero-order valence-electron chi connectivity index (χ0n) is 16.5. The Kier molecular flexibility index (Phi) is 5.28. The number of ether oxygens (including phenoxy) is 1. The first-order valence-corrected chi connectivity index (χ1v) is 10.8. The lowest BCUT2D eigenvalue weighted by atomic mass is 9.98. The van der Waals surface area contributed by atoms with Gasteiger partial charge in [0.1, 0.15) is 35.2 Å². The Morgan fingerprint density at radius 2 is 1.81 bits per heavy atom. The molecule has 32 heavy (non-hydrogen) atoms. The summed E-state index contributed by atoms with van der Waals surface area (Å²) in [6.45, 7) is -0.0811. The number of hydrogen-bond acceptors (Lipinski definition) is 8. The Labute approximate surface area is 184 Å². The third-order valence-electron chi connectivity index (χ3n) is 5.76. The molecule has 2 aromatic heterocycles. The van der Waals surface area contributed by atoms with Crippen LogP contribution in [-0.2, 0) is 11.3 Å². The second-order valence-electron chi connectivity index (χ2n) is 7.71. The highest BCUT2D eigenvalue weighted by Crippen LogP contribution is 2.29. The van der Waals surface area contributed by atoms with Crippen molar-refractivity contribution in [1.29, 1.82) is 0 Å². The Bertz CT molecular complexity index is 1360. The van der Waals surface area contributed by atoms with Crippen molar-refractivity contribution in [1.82, 2.24) is 9.55 Å². The van der Waals surface area contributed by atoms with E-state index >= 15 is 0 Å². The van der Waals surface area contributed by atoms with Crippen LogP contribution in [0.25, 0.3) is 32.4 Å². The molecule has 1 fully saturated rings. The molecule has 0 aliphatic carbocycles. The molecule has 3 heterocycles. The highest BCUT2D eigenvalue weighted by Gasteiger charge is 2.43. The number of aliphatic hydroxyl groups excluding tert-OH is 4. The molecule has 5 unspecified atom stereocenters. The minimum absolute atomic E-state index is 0.0811. The van der Waals surface area contributed by atoms with Crippen molar-refractivity contribution in [3.63, 3.8) is 0 Å². The van der Waals surface area contributed by atoms with Gasteiger partial charge < -0.3 is 29.7 Å². The first-order valence-electron chi connectivity index (χ1n) is 9.88. The van der Waals surface area contributed by atoms with E-state index in [4.69, 9.17) is 4.74 Å². The molecule has 5 atom stereocenters. The van der Waals surface area contributed by atoms with E-state index in [-0.39, 0.29) is 17.4 Å². The van der Waals surface area contributed by atoms with E-state index in [0.29, 0.717) is 16.4 Å². The number of nitrogens with zero attached hydrogens (tertiary/aromatic N) is 2. The fraction of sp³-hybridized carbons (Fsp3) is 0.273. The van der Waals surface area contributed by atoms with Gasteiger partial charge in [0.15, 0.2) is 11.7 Å². The van der Waals surface area contributed by atoms with Crippen molar-refractivity contribution >= 4 is 33.1 Å². The summed E-state index contributed by atoms with van der Waals surface area (Å²) in [5.41, 5.74) is 1.30. The van der Waals surface area contributed by atoms with Crippen LogP contribution in [0, 0.1) is 5.82 Å². The third-order valence-corrected chi connectivity index (χ3v) is 6.58. The standard InChI is InChI=1S/C22H19FN2O6S/c23-11-2-4-14-13(8-11)17(26)12-3-1-10(21-24-5-6-32-21)7-15(12)25(14)9-16-18(27)19(28)20(29)22(30)31-16/h1-8,16,18-20,22,27-30H,9H2. The average Bonchev–Trinajstić information content (AvgIpc) is 3.33. The van der Waals surface area contributed by atoms with Crippen molar-refractivity contribution in [3.05, 3.63) is 64.0 Å². The lowest BCUT2D eigenvalue weighted by Gasteiger charge is -2.39. The SMILES string of the molecule is O=c1c2cc(F)ccc2n(CC2OC(O)C(O)C(O)C2O)c2cc(-c3nccs3)ccc12. The Morgan fingerprint density at radius 1 is 1.00 bits per heavy atom. The molecule has 5 rings (SSSR count). The third kappa shape index (κ3) is 3.41. The monoisotopic (exact) mass is 458 g/mol. The van der Waals surface area contributed by atoms with Gasteiger partial charge in [-0.2, -0.15) is 0 Å². The molecule has 2 aromatic carbocycles. The maximum Gasteiger partial charge on any atom is 0.197 e. The van der Waals surface area contributed by atoms with Gasteiger partial charge in [-0.3, -0.25) is 4.79 Å². The zero-order chi connectivity index (χ0) is 22.6. The maximum atomic E-state index is 14.0.